The average molecular weight is 333 g/mol. The Morgan fingerprint density at radius 1 is 1.35 bits per heavy atom. The van der Waals surface area contributed by atoms with Crippen LogP contribution in [0.15, 0.2) is 24.3 Å². The molecular weight excluding hydrogens is 310 g/mol. The zero-order valence-corrected chi connectivity index (χ0v) is 14.8. The van der Waals surface area contributed by atoms with Crippen LogP contribution in [0.25, 0.3) is 10.6 Å². The maximum atomic E-state index is 12.3. The van der Waals surface area contributed by atoms with Crippen molar-refractivity contribution in [2.75, 3.05) is 20.2 Å². The number of carbonyl (C=O) groups is 1. The molecule has 0 saturated carbocycles. The summed E-state index contributed by atoms with van der Waals surface area (Å²) < 4.78 is 5.44. The molecule has 0 saturated heterocycles. The topological polar surface area (TPSA) is 63.2 Å². The first kappa shape index (κ1) is 17.4. The molecule has 2 rings (SSSR count). The van der Waals surface area contributed by atoms with Crippen LogP contribution < -0.4 is 15.4 Å². The van der Waals surface area contributed by atoms with Gasteiger partial charge in [-0.3, -0.25) is 4.79 Å². The second-order valence-electron chi connectivity index (χ2n) is 5.29. The Labute approximate surface area is 141 Å². The molecule has 1 amide bonds. The van der Waals surface area contributed by atoms with Gasteiger partial charge in [-0.2, -0.15) is 0 Å². The molecule has 6 heteroatoms. The zero-order valence-electron chi connectivity index (χ0n) is 14.0. The fourth-order valence-electron chi connectivity index (χ4n) is 2.02. The van der Waals surface area contributed by atoms with Gasteiger partial charge in [-0.15, -0.1) is 11.3 Å². The molecule has 1 aromatic carbocycles. The summed E-state index contributed by atoms with van der Waals surface area (Å²) in [6.45, 7) is 7.07. The number of aryl methyl sites for hydroxylation is 1. The highest BCUT2D eigenvalue weighted by atomic mass is 32.1. The minimum absolute atomic E-state index is 0.0701. The van der Waals surface area contributed by atoms with Gasteiger partial charge in [-0.1, -0.05) is 0 Å². The second kappa shape index (κ2) is 8.08. The van der Waals surface area contributed by atoms with Crippen molar-refractivity contribution < 1.29 is 9.53 Å². The Morgan fingerprint density at radius 3 is 2.65 bits per heavy atom. The lowest BCUT2D eigenvalue weighted by atomic mass is 10.2. The molecule has 0 bridgehead atoms. The van der Waals surface area contributed by atoms with Crippen LogP contribution in [0.4, 0.5) is 0 Å². The van der Waals surface area contributed by atoms with E-state index in [0.29, 0.717) is 18.0 Å². The number of benzene rings is 1. The summed E-state index contributed by atoms with van der Waals surface area (Å²) in [5.41, 5.74) is 1.75. The third-order valence-electron chi connectivity index (χ3n) is 3.48. The van der Waals surface area contributed by atoms with Crippen LogP contribution in [-0.4, -0.2) is 37.1 Å². The molecule has 1 heterocycles. The molecular formula is C17H23N3O2S. The number of amides is 1. The highest BCUT2D eigenvalue weighted by molar-refractivity contribution is 7.17. The largest absolute Gasteiger partial charge is 0.494 e. The Bertz CT molecular complexity index is 652. The molecule has 0 aliphatic heterocycles. The molecule has 0 aliphatic carbocycles. The Hall–Kier alpha value is -1.92. The van der Waals surface area contributed by atoms with E-state index >= 15 is 0 Å². The lowest BCUT2D eigenvalue weighted by molar-refractivity contribution is 0.0954. The third-order valence-corrected chi connectivity index (χ3v) is 4.68. The highest BCUT2D eigenvalue weighted by Gasteiger charge is 2.16. The molecule has 1 aromatic heterocycles. The number of hydrogen-bond acceptors (Lipinski definition) is 5. The van der Waals surface area contributed by atoms with Gasteiger partial charge in [0.2, 0.25) is 0 Å². The fraction of sp³-hybridized carbons (Fsp3) is 0.412. The van der Waals surface area contributed by atoms with Crippen LogP contribution in [0.1, 0.15) is 29.2 Å². The second-order valence-corrected chi connectivity index (χ2v) is 6.29. The first-order valence-corrected chi connectivity index (χ1v) is 8.53. The lowest BCUT2D eigenvalue weighted by Gasteiger charge is -2.10. The van der Waals surface area contributed by atoms with E-state index in [1.165, 1.54) is 11.3 Å². The van der Waals surface area contributed by atoms with Crippen LogP contribution in [0.2, 0.25) is 0 Å². The summed E-state index contributed by atoms with van der Waals surface area (Å²) in [7, 11) is 1.87. The van der Waals surface area contributed by atoms with Crippen molar-refractivity contribution in [1.82, 2.24) is 15.6 Å². The number of aromatic nitrogens is 1. The number of nitrogens with one attached hydrogen (secondary N) is 2. The minimum Gasteiger partial charge on any atom is -0.494 e. The summed E-state index contributed by atoms with van der Waals surface area (Å²) in [4.78, 5) is 17.5. The van der Waals surface area contributed by atoms with Gasteiger partial charge >= 0.3 is 0 Å². The van der Waals surface area contributed by atoms with Crippen molar-refractivity contribution in [2.24, 2.45) is 0 Å². The molecule has 2 N–H and O–H groups in total. The van der Waals surface area contributed by atoms with Gasteiger partial charge in [0.1, 0.15) is 15.6 Å². The van der Waals surface area contributed by atoms with Gasteiger partial charge in [-0.25, -0.2) is 4.98 Å². The van der Waals surface area contributed by atoms with Crippen LogP contribution in [0.3, 0.4) is 0 Å². The highest BCUT2D eigenvalue weighted by Crippen LogP contribution is 2.29. The smallest absolute Gasteiger partial charge is 0.263 e. The van der Waals surface area contributed by atoms with Crippen LogP contribution in [0, 0.1) is 6.92 Å². The van der Waals surface area contributed by atoms with Crippen molar-refractivity contribution in [3.63, 3.8) is 0 Å². The van der Waals surface area contributed by atoms with Crippen LogP contribution >= 0.6 is 11.3 Å². The first-order valence-electron chi connectivity index (χ1n) is 7.71. The number of nitrogens with zero attached hydrogens (tertiary/aromatic N) is 1. The van der Waals surface area contributed by atoms with Crippen molar-refractivity contribution in [2.45, 2.75) is 26.8 Å². The standard InChI is InChI=1S/C17H23N3O2S/c1-5-22-14-8-6-13(7-9-14)17-20-12(3)15(23-17)16(21)19-10-11(2)18-4/h6-9,11,18H,5,10H2,1-4H3,(H,19,21). The van der Waals surface area contributed by atoms with Gasteiger partial charge in [0.15, 0.2) is 0 Å². The van der Waals surface area contributed by atoms with E-state index in [2.05, 4.69) is 15.6 Å². The summed E-state index contributed by atoms with van der Waals surface area (Å²) in [6.07, 6.45) is 0. The Balaban J connectivity index is 2.12. The summed E-state index contributed by atoms with van der Waals surface area (Å²) in [5.74, 6) is 0.767. The first-order chi connectivity index (χ1) is 11.0. The molecule has 124 valence electrons. The lowest BCUT2D eigenvalue weighted by Crippen LogP contribution is -2.37. The van der Waals surface area contributed by atoms with Crippen LogP contribution in [0.5, 0.6) is 5.75 Å². The fourth-order valence-corrected chi connectivity index (χ4v) is 3.01. The molecule has 1 atom stereocenters. The monoisotopic (exact) mass is 333 g/mol. The van der Waals surface area contributed by atoms with E-state index in [1.807, 2.05) is 52.1 Å². The van der Waals surface area contributed by atoms with Gasteiger partial charge in [0.05, 0.1) is 12.3 Å². The maximum absolute atomic E-state index is 12.3. The molecule has 1 unspecified atom stereocenters. The number of likely N-dealkylation sites (N-methyl/N-ethyl adjacent to an activating group) is 1. The predicted molar refractivity (Wildman–Crippen MR) is 94.3 cm³/mol. The van der Waals surface area contributed by atoms with Crippen LogP contribution in [-0.2, 0) is 0 Å². The molecule has 5 nitrogen and oxygen atoms in total. The van der Waals surface area contributed by atoms with Gasteiger partial charge in [-0.05, 0) is 52.1 Å². The van der Waals surface area contributed by atoms with Crippen molar-refractivity contribution in [3.05, 3.63) is 34.8 Å². The normalized spacial score (nSPS) is 12.0. The third kappa shape index (κ3) is 4.53. The number of rotatable bonds is 7. The molecule has 0 spiro atoms. The molecule has 0 aliphatic rings. The summed E-state index contributed by atoms with van der Waals surface area (Å²) >= 11 is 1.41. The molecule has 2 aromatic rings. The van der Waals surface area contributed by atoms with E-state index in [9.17, 15) is 4.79 Å². The molecule has 0 fully saturated rings. The summed E-state index contributed by atoms with van der Waals surface area (Å²) in [5, 5.41) is 6.87. The quantitative estimate of drug-likeness (QED) is 0.818. The van der Waals surface area contributed by atoms with E-state index in [-0.39, 0.29) is 11.9 Å². The predicted octanol–water partition coefficient (Wildman–Crippen LogP) is 2.85. The molecule has 0 radical (unpaired) electrons. The van der Waals surface area contributed by atoms with Gasteiger partial charge < -0.3 is 15.4 Å². The van der Waals surface area contributed by atoms with E-state index < -0.39 is 0 Å². The number of thiazole rings is 1. The number of ether oxygens (including phenoxy) is 1. The average Bonchev–Trinajstić information content (AvgIpc) is 2.95. The van der Waals surface area contributed by atoms with Gasteiger partial charge in [0.25, 0.3) is 5.91 Å². The molecule has 23 heavy (non-hydrogen) atoms. The minimum atomic E-state index is -0.0701. The van der Waals surface area contributed by atoms with E-state index in [0.717, 1.165) is 22.0 Å². The Morgan fingerprint density at radius 2 is 2.04 bits per heavy atom. The SMILES string of the molecule is CCOc1ccc(-c2nc(C)c(C(=O)NCC(C)NC)s2)cc1. The Kier molecular flexibility index (Phi) is 6.12. The number of carbonyl (C=O) groups excluding carboxylic acids is 1. The van der Waals surface area contributed by atoms with E-state index in [4.69, 9.17) is 4.74 Å². The number of hydrogen-bond donors (Lipinski definition) is 2. The van der Waals surface area contributed by atoms with E-state index in [1.54, 1.807) is 0 Å². The van der Waals surface area contributed by atoms with Gasteiger partial charge in [0, 0.05) is 18.2 Å². The maximum Gasteiger partial charge on any atom is 0.263 e. The van der Waals surface area contributed by atoms with Crippen molar-refractivity contribution in [1.29, 1.82) is 0 Å². The van der Waals surface area contributed by atoms with Crippen molar-refractivity contribution in [3.8, 4) is 16.3 Å². The summed E-state index contributed by atoms with van der Waals surface area (Å²) in [6, 6.07) is 8.01. The van der Waals surface area contributed by atoms with Crippen molar-refractivity contribution >= 4 is 17.2 Å². The zero-order chi connectivity index (χ0) is 16.8.